The van der Waals surface area contributed by atoms with E-state index in [0.717, 1.165) is 5.56 Å². The molecule has 2 N–H and O–H groups in total. The fraction of sp³-hybridized carbons (Fsp3) is 0.174. The van der Waals surface area contributed by atoms with Gasteiger partial charge in [-0.15, -0.1) is 0 Å². The molecular formula is C23H15Cl2F3N2O5S. The number of carbonyl (C=O) groups is 2. The van der Waals surface area contributed by atoms with Crippen LogP contribution in [0.5, 0.6) is 5.75 Å². The molecule has 0 fully saturated rings. The largest absolute Gasteiger partial charge is 0.482 e. The van der Waals surface area contributed by atoms with Crippen LogP contribution in [0.2, 0.25) is 10.0 Å². The summed E-state index contributed by atoms with van der Waals surface area (Å²) in [6.07, 6.45) is -4.86. The molecule has 0 bridgehead atoms. The molecule has 0 spiro atoms. The third-order valence-corrected chi connectivity index (χ3v) is 7.24. The van der Waals surface area contributed by atoms with E-state index in [2.05, 4.69) is 0 Å². The molecule has 3 aromatic rings. The highest BCUT2D eigenvalue weighted by molar-refractivity contribution is 7.99. The second-order valence-corrected chi connectivity index (χ2v) is 9.54. The van der Waals surface area contributed by atoms with Crippen molar-refractivity contribution in [1.82, 2.24) is 9.88 Å². The van der Waals surface area contributed by atoms with E-state index < -0.39 is 41.5 Å². The van der Waals surface area contributed by atoms with Gasteiger partial charge >= 0.3 is 12.1 Å². The molecule has 0 saturated heterocycles. The first-order valence-electron chi connectivity index (χ1n) is 10.2. The summed E-state index contributed by atoms with van der Waals surface area (Å²) in [5, 5.41) is 9.05. The summed E-state index contributed by atoms with van der Waals surface area (Å²) in [6.45, 7) is -0.422. The van der Waals surface area contributed by atoms with Crippen molar-refractivity contribution in [3.8, 4) is 5.75 Å². The summed E-state index contributed by atoms with van der Waals surface area (Å²) in [7, 11) is 0. The van der Waals surface area contributed by atoms with Gasteiger partial charge in [-0.25, -0.2) is 4.79 Å². The minimum absolute atomic E-state index is 0.0376. The molecule has 0 unspecified atom stereocenters. The van der Waals surface area contributed by atoms with Gasteiger partial charge in [-0.05, 0) is 41.5 Å². The lowest BCUT2D eigenvalue weighted by atomic mass is 10.1. The number of alkyl halides is 3. The highest BCUT2D eigenvalue weighted by atomic mass is 35.5. The van der Waals surface area contributed by atoms with E-state index in [1.54, 1.807) is 29.2 Å². The third kappa shape index (κ3) is 5.48. The van der Waals surface area contributed by atoms with Gasteiger partial charge in [-0.3, -0.25) is 9.59 Å². The summed E-state index contributed by atoms with van der Waals surface area (Å²) in [4.78, 5) is 39.9. The average molecular weight is 559 g/mol. The predicted octanol–water partition coefficient (Wildman–Crippen LogP) is 5.47. The second-order valence-electron chi connectivity index (χ2n) is 7.68. The van der Waals surface area contributed by atoms with Crippen LogP contribution in [0, 0.1) is 0 Å². The van der Waals surface area contributed by atoms with Crippen molar-refractivity contribution < 1.29 is 32.6 Å². The molecule has 36 heavy (non-hydrogen) atoms. The number of aliphatic carboxylic acids is 1. The van der Waals surface area contributed by atoms with Crippen LogP contribution >= 0.6 is 35.0 Å². The lowest BCUT2D eigenvalue weighted by molar-refractivity contribution is -0.141. The van der Waals surface area contributed by atoms with Gasteiger partial charge in [0, 0.05) is 22.9 Å². The second kappa shape index (κ2) is 10.1. The summed E-state index contributed by atoms with van der Waals surface area (Å²) >= 11 is 13.0. The molecule has 2 heterocycles. The Morgan fingerprint density at radius 3 is 2.39 bits per heavy atom. The van der Waals surface area contributed by atoms with Crippen molar-refractivity contribution >= 4 is 46.8 Å². The molecule has 0 aliphatic carbocycles. The quantitative estimate of drug-likeness (QED) is 0.416. The Kier molecular flexibility index (Phi) is 7.26. The van der Waals surface area contributed by atoms with Crippen molar-refractivity contribution in [3.63, 3.8) is 0 Å². The van der Waals surface area contributed by atoms with Gasteiger partial charge in [0.2, 0.25) is 0 Å². The molecule has 0 saturated carbocycles. The molecule has 7 nitrogen and oxygen atoms in total. The normalized spacial score (nSPS) is 13.0. The van der Waals surface area contributed by atoms with Gasteiger partial charge in [0.1, 0.15) is 17.0 Å². The van der Waals surface area contributed by atoms with Crippen molar-refractivity contribution in [2.45, 2.75) is 29.1 Å². The number of halogens is 5. The minimum Gasteiger partial charge on any atom is -0.482 e. The van der Waals surface area contributed by atoms with Crippen LogP contribution < -0.4 is 10.3 Å². The lowest BCUT2D eigenvalue weighted by Crippen LogP contribution is -2.32. The van der Waals surface area contributed by atoms with Crippen LogP contribution in [0.15, 0.2) is 57.1 Å². The van der Waals surface area contributed by atoms with E-state index in [0.29, 0.717) is 23.4 Å². The number of pyridine rings is 1. The van der Waals surface area contributed by atoms with E-state index >= 15 is 0 Å². The number of hydrogen-bond donors (Lipinski definition) is 2. The Morgan fingerprint density at radius 1 is 1.08 bits per heavy atom. The van der Waals surface area contributed by atoms with E-state index in [9.17, 15) is 27.6 Å². The van der Waals surface area contributed by atoms with Crippen LogP contribution in [-0.4, -0.2) is 33.5 Å². The van der Waals surface area contributed by atoms with Gasteiger partial charge in [-0.1, -0.05) is 47.1 Å². The standard InChI is InChI=1S/C23H15Cl2F3N2O5S/c24-14-2-1-3-15(25)20(14)36-16-7-17(23(26,27)28)29-21(33)19(16)22(34)30-8-11-4-5-13(6-12(11)9-30)35-10-18(31)32/h1-7H,8-10H2,(H,29,33)(H,31,32). The Morgan fingerprint density at radius 2 is 1.75 bits per heavy atom. The summed E-state index contributed by atoms with van der Waals surface area (Å²) in [5.74, 6) is -1.67. The van der Waals surface area contributed by atoms with Crippen molar-refractivity contribution in [2.24, 2.45) is 0 Å². The maximum atomic E-state index is 13.4. The van der Waals surface area contributed by atoms with Crippen molar-refractivity contribution in [1.29, 1.82) is 0 Å². The van der Waals surface area contributed by atoms with Crippen molar-refractivity contribution in [2.75, 3.05) is 6.61 Å². The summed E-state index contributed by atoms with van der Waals surface area (Å²) < 4.78 is 45.5. The van der Waals surface area contributed by atoms with Crippen LogP contribution in [0.3, 0.4) is 0 Å². The third-order valence-electron chi connectivity index (χ3n) is 5.20. The van der Waals surface area contributed by atoms with Gasteiger partial charge in [0.05, 0.1) is 10.0 Å². The highest BCUT2D eigenvalue weighted by Crippen LogP contribution is 2.41. The number of nitrogens with one attached hydrogen (secondary N) is 1. The van der Waals surface area contributed by atoms with Gasteiger partial charge in [0.15, 0.2) is 6.61 Å². The van der Waals surface area contributed by atoms with Crippen LogP contribution in [0.1, 0.15) is 27.2 Å². The SMILES string of the molecule is O=C(O)COc1ccc2c(c1)CN(C(=O)c1c(Sc3c(Cl)cccc3Cl)cc(C(F)(F)F)[nH]c1=O)C2. The van der Waals surface area contributed by atoms with Crippen LogP contribution in [0.25, 0.3) is 0 Å². The number of carboxylic acid groups (broad SMARTS) is 1. The number of carboxylic acids is 1. The number of carbonyl (C=O) groups excluding carboxylic acids is 1. The van der Waals surface area contributed by atoms with Gasteiger partial charge in [0.25, 0.3) is 11.5 Å². The number of fused-ring (bicyclic) bond motifs is 1. The number of hydrogen-bond acceptors (Lipinski definition) is 5. The molecule has 1 amide bonds. The minimum atomic E-state index is -4.86. The predicted molar refractivity (Wildman–Crippen MR) is 126 cm³/mol. The Balaban J connectivity index is 1.70. The number of amides is 1. The molecular weight excluding hydrogens is 544 g/mol. The Bertz CT molecular complexity index is 1410. The molecule has 4 rings (SSSR count). The van der Waals surface area contributed by atoms with Crippen molar-refractivity contribution in [3.05, 3.63) is 85.2 Å². The number of ether oxygens (including phenoxy) is 1. The molecule has 13 heteroatoms. The fourth-order valence-corrected chi connectivity index (χ4v) is 5.21. The Hall–Kier alpha value is -3.15. The molecule has 1 aliphatic heterocycles. The smallest absolute Gasteiger partial charge is 0.431 e. The number of benzene rings is 2. The fourth-order valence-electron chi connectivity index (χ4n) is 3.57. The van der Waals surface area contributed by atoms with Crippen LogP contribution in [0.4, 0.5) is 13.2 Å². The zero-order valence-electron chi connectivity index (χ0n) is 18.0. The number of aromatic nitrogens is 1. The first kappa shape index (κ1) is 25.9. The zero-order valence-corrected chi connectivity index (χ0v) is 20.3. The van der Waals surface area contributed by atoms with E-state index in [1.165, 1.54) is 17.0 Å². The molecule has 2 aromatic carbocycles. The topological polar surface area (TPSA) is 99.7 Å². The molecule has 188 valence electrons. The molecule has 0 atom stereocenters. The molecule has 0 radical (unpaired) electrons. The summed E-state index contributed by atoms with van der Waals surface area (Å²) in [5.41, 5.74) is -1.64. The number of aromatic amines is 1. The van der Waals surface area contributed by atoms with E-state index in [-0.39, 0.29) is 38.7 Å². The Labute approximate surface area is 215 Å². The summed E-state index contributed by atoms with van der Waals surface area (Å²) in [6, 6.07) is 9.96. The van der Waals surface area contributed by atoms with Gasteiger partial charge < -0.3 is 19.7 Å². The highest BCUT2D eigenvalue weighted by Gasteiger charge is 2.36. The van der Waals surface area contributed by atoms with Gasteiger partial charge in [-0.2, -0.15) is 13.2 Å². The molecule has 1 aliphatic rings. The maximum Gasteiger partial charge on any atom is 0.431 e. The average Bonchev–Trinajstić information content (AvgIpc) is 3.22. The monoisotopic (exact) mass is 558 g/mol. The number of rotatable bonds is 6. The molecule has 1 aromatic heterocycles. The number of H-pyrrole nitrogens is 1. The lowest BCUT2D eigenvalue weighted by Gasteiger charge is -2.18. The first-order chi connectivity index (χ1) is 16.9. The van der Waals surface area contributed by atoms with E-state index in [1.807, 2.05) is 0 Å². The zero-order chi connectivity index (χ0) is 26.2. The maximum absolute atomic E-state index is 13.4. The van der Waals surface area contributed by atoms with Crippen LogP contribution in [-0.2, 0) is 24.1 Å². The first-order valence-corrected chi connectivity index (χ1v) is 11.7. The number of nitrogens with zero attached hydrogens (tertiary/aromatic N) is 1. The van der Waals surface area contributed by atoms with E-state index in [4.69, 9.17) is 33.0 Å².